The van der Waals surface area contributed by atoms with Gasteiger partial charge in [-0.05, 0) is 78.6 Å². The minimum absolute atomic E-state index is 0.0245. The van der Waals surface area contributed by atoms with Crippen LogP contribution in [0.25, 0.3) is 11.4 Å². The molecule has 2 atom stereocenters. The maximum Gasteiger partial charge on any atom is 0.437 e. The highest BCUT2D eigenvalue weighted by Gasteiger charge is 2.42. The van der Waals surface area contributed by atoms with Crippen LogP contribution in [-0.4, -0.2) is 62.1 Å². The maximum absolute atomic E-state index is 14.1. The number of nitrogens with zero attached hydrogens (tertiary/aromatic N) is 4. The Bertz CT molecular complexity index is 1610. The molecule has 1 saturated heterocycles. The molecule has 254 valence electrons. The number of alkyl carbamates (subject to hydrolysis) is 1. The van der Waals surface area contributed by atoms with Crippen molar-refractivity contribution in [2.75, 3.05) is 6.54 Å². The number of hydrogen-bond donors (Lipinski definition) is 2. The zero-order valence-electron chi connectivity index (χ0n) is 27.1. The van der Waals surface area contributed by atoms with Crippen LogP contribution in [0.4, 0.5) is 22.8 Å². The summed E-state index contributed by atoms with van der Waals surface area (Å²) in [6.07, 6.45) is -7.73. The highest BCUT2D eigenvalue weighted by molar-refractivity contribution is 5.99. The van der Waals surface area contributed by atoms with Crippen molar-refractivity contribution >= 4 is 18.1 Å². The van der Waals surface area contributed by atoms with Crippen LogP contribution in [0.1, 0.15) is 76.6 Å². The van der Waals surface area contributed by atoms with Gasteiger partial charge >= 0.3 is 18.4 Å². The number of benzene rings is 2. The van der Waals surface area contributed by atoms with E-state index in [4.69, 9.17) is 18.7 Å². The number of aliphatic hydroxyl groups is 1. The van der Waals surface area contributed by atoms with E-state index in [1.54, 1.807) is 53.7 Å². The molecule has 47 heavy (non-hydrogen) atoms. The van der Waals surface area contributed by atoms with E-state index in [1.807, 2.05) is 19.1 Å². The van der Waals surface area contributed by atoms with Gasteiger partial charge in [-0.25, -0.2) is 9.59 Å². The number of aliphatic imine (C=N–C) groups is 1. The number of aryl methyl sites for hydroxylation is 1. The first-order valence-electron chi connectivity index (χ1n) is 14.8. The van der Waals surface area contributed by atoms with Crippen LogP contribution in [0.3, 0.4) is 0 Å². The Hall–Kier alpha value is -4.66. The lowest BCUT2D eigenvalue weighted by atomic mass is 10.1. The lowest BCUT2D eigenvalue weighted by Gasteiger charge is -2.28. The van der Waals surface area contributed by atoms with E-state index < -0.39 is 47.3 Å². The normalized spacial score (nSPS) is 17.4. The number of aliphatic hydroxyl groups excluding tert-OH is 1. The molecule has 15 heteroatoms. The van der Waals surface area contributed by atoms with Gasteiger partial charge < -0.3 is 28.7 Å². The summed E-state index contributed by atoms with van der Waals surface area (Å²) >= 11 is 0. The summed E-state index contributed by atoms with van der Waals surface area (Å²) in [6.45, 7) is 11.7. The van der Waals surface area contributed by atoms with E-state index in [9.17, 15) is 27.9 Å². The Morgan fingerprint density at radius 2 is 1.70 bits per heavy atom. The van der Waals surface area contributed by atoms with Crippen LogP contribution in [0.2, 0.25) is 0 Å². The molecule has 12 nitrogen and oxygen atoms in total. The fourth-order valence-electron chi connectivity index (χ4n) is 4.58. The Kier molecular flexibility index (Phi) is 10.2. The number of aromatic nitrogens is 2. The van der Waals surface area contributed by atoms with Gasteiger partial charge in [0.2, 0.25) is 11.8 Å². The molecule has 3 aromatic rings. The van der Waals surface area contributed by atoms with Crippen LogP contribution >= 0.6 is 0 Å². The van der Waals surface area contributed by atoms with Gasteiger partial charge in [-0.1, -0.05) is 35.0 Å². The van der Waals surface area contributed by atoms with E-state index in [0.29, 0.717) is 5.56 Å². The molecule has 0 spiro atoms. The number of hydrogen-bond acceptors (Lipinski definition) is 9. The molecule has 1 aliphatic heterocycles. The van der Waals surface area contributed by atoms with Crippen LogP contribution in [0.5, 0.6) is 5.75 Å². The third kappa shape index (κ3) is 9.67. The smallest absolute Gasteiger partial charge is 0.437 e. The highest BCUT2D eigenvalue weighted by atomic mass is 19.4. The van der Waals surface area contributed by atoms with Crippen molar-refractivity contribution in [3.8, 4) is 17.1 Å². The minimum Gasteiger partial charge on any atom is -0.488 e. The number of rotatable bonds is 5. The summed E-state index contributed by atoms with van der Waals surface area (Å²) in [7, 11) is 0. The molecule has 1 aromatic heterocycles. The third-order valence-electron chi connectivity index (χ3n) is 6.59. The molecule has 0 unspecified atom stereocenters. The summed E-state index contributed by atoms with van der Waals surface area (Å²) in [6, 6.07) is 9.46. The van der Waals surface area contributed by atoms with Crippen molar-refractivity contribution in [1.29, 1.82) is 0 Å². The van der Waals surface area contributed by atoms with Gasteiger partial charge in [-0.2, -0.15) is 18.2 Å². The first-order valence-corrected chi connectivity index (χ1v) is 14.8. The maximum atomic E-state index is 14.1. The molecular weight excluding hydrogens is 623 g/mol. The number of likely N-dealkylation sites (tertiary alicyclic amines) is 1. The second-order valence-electron chi connectivity index (χ2n) is 13.0. The number of nitrogens with one attached hydrogen (secondary N) is 1. The second-order valence-corrected chi connectivity index (χ2v) is 13.0. The summed E-state index contributed by atoms with van der Waals surface area (Å²) in [5.74, 6) is -1.08. The first-order chi connectivity index (χ1) is 21.8. The fourth-order valence-corrected chi connectivity index (χ4v) is 4.58. The van der Waals surface area contributed by atoms with Crippen molar-refractivity contribution < 1.29 is 46.6 Å². The van der Waals surface area contributed by atoms with Crippen molar-refractivity contribution in [3.63, 3.8) is 0 Å². The van der Waals surface area contributed by atoms with Crippen LogP contribution in [-0.2, 0) is 22.3 Å². The van der Waals surface area contributed by atoms with Crippen molar-refractivity contribution in [1.82, 2.24) is 20.4 Å². The highest BCUT2D eigenvalue weighted by Crippen LogP contribution is 2.39. The largest absolute Gasteiger partial charge is 0.488 e. The van der Waals surface area contributed by atoms with E-state index in [2.05, 4.69) is 20.4 Å². The predicted octanol–water partition coefficient (Wildman–Crippen LogP) is 6.57. The van der Waals surface area contributed by atoms with Gasteiger partial charge in [0.1, 0.15) is 29.6 Å². The predicted molar refractivity (Wildman–Crippen MR) is 163 cm³/mol. The average Bonchev–Trinajstić information content (AvgIpc) is 3.56. The van der Waals surface area contributed by atoms with E-state index in [-0.39, 0.29) is 48.6 Å². The minimum atomic E-state index is -4.76. The van der Waals surface area contributed by atoms with Gasteiger partial charge in [0.05, 0.1) is 11.7 Å². The van der Waals surface area contributed by atoms with Crippen molar-refractivity contribution in [2.24, 2.45) is 4.99 Å². The first kappa shape index (κ1) is 35.2. The molecule has 0 bridgehead atoms. The lowest BCUT2D eigenvalue weighted by Crippen LogP contribution is -2.47. The SMILES string of the molecule is Cc1ccc(COc2ccc(-c3noc([C@@H]4[C@@H](O)CCN4/C(=N/C(=O)OC(C)(C)C)NC(=O)OC(C)(C)C)n3)cc2C(F)(F)F)cc1. The van der Waals surface area contributed by atoms with Crippen molar-refractivity contribution in [3.05, 3.63) is 65.0 Å². The Balaban J connectivity index is 1.63. The zero-order chi connectivity index (χ0) is 34.7. The third-order valence-corrected chi connectivity index (χ3v) is 6.59. The van der Waals surface area contributed by atoms with E-state index >= 15 is 0 Å². The summed E-state index contributed by atoms with van der Waals surface area (Å²) < 4.78 is 63.8. The fraction of sp³-hybridized carbons (Fsp3) is 0.469. The van der Waals surface area contributed by atoms with E-state index in [0.717, 1.165) is 11.6 Å². The molecule has 2 aromatic carbocycles. The molecule has 1 fully saturated rings. The molecule has 0 aliphatic carbocycles. The Labute approximate surface area is 269 Å². The van der Waals surface area contributed by atoms with Gasteiger partial charge in [0.25, 0.3) is 5.89 Å². The quantitative estimate of drug-likeness (QED) is 0.227. The molecule has 2 heterocycles. The topological polar surface area (TPSA) is 149 Å². The van der Waals surface area contributed by atoms with Gasteiger partial charge in [0, 0.05) is 12.1 Å². The number of amides is 2. The van der Waals surface area contributed by atoms with Gasteiger partial charge in [0.15, 0.2) is 0 Å². The number of ether oxygens (including phenoxy) is 3. The van der Waals surface area contributed by atoms with Crippen LogP contribution < -0.4 is 10.1 Å². The number of carbonyl (C=O) groups excluding carboxylic acids is 2. The molecule has 2 amide bonds. The number of carbonyl (C=O) groups is 2. The second kappa shape index (κ2) is 13.6. The Morgan fingerprint density at radius 1 is 1.04 bits per heavy atom. The summed E-state index contributed by atoms with van der Waals surface area (Å²) in [5, 5.41) is 17.2. The van der Waals surface area contributed by atoms with Gasteiger partial charge in [-0.3, -0.25) is 5.32 Å². The average molecular weight is 662 g/mol. The molecule has 4 rings (SSSR count). The number of halogens is 3. The van der Waals surface area contributed by atoms with Gasteiger partial charge in [-0.15, -0.1) is 4.99 Å². The summed E-state index contributed by atoms with van der Waals surface area (Å²) in [4.78, 5) is 34.9. The zero-order valence-corrected chi connectivity index (χ0v) is 27.1. The van der Waals surface area contributed by atoms with Crippen LogP contribution in [0.15, 0.2) is 52.0 Å². The molecule has 0 saturated carbocycles. The number of alkyl halides is 3. The van der Waals surface area contributed by atoms with E-state index in [1.165, 1.54) is 17.0 Å². The Morgan fingerprint density at radius 3 is 2.32 bits per heavy atom. The standard InChI is InChI=1S/C32H38F3N5O7/c1-18-8-10-19(11-9-18)17-44-23-13-12-20(16-21(23)32(33,34)35)25-36-26(47-39-25)24-22(41)14-15-40(24)27(37-28(42)45-30(2,3)4)38-29(43)46-31(5,6)7/h8-13,16,22,24,41H,14-15,17H2,1-7H3,(H,37,38,42,43)/t22-,24-/m0/s1. The van der Waals surface area contributed by atoms with Crippen molar-refractivity contribution in [2.45, 2.75) is 91.0 Å². The molecule has 2 N–H and O–H groups in total. The summed E-state index contributed by atoms with van der Waals surface area (Å²) in [5.41, 5.74) is -1.14. The number of guanidine groups is 1. The monoisotopic (exact) mass is 661 g/mol. The molecule has 0 radical (unpaired) electrons. The molecule has 1 aliphatic rings. The van der Waals surface area contributed by atoms with Crippen LogP contribution in [0, 0.1) is 6.92 Å². The lowest BCUT2D eigenvalue weighted by molar-refractivity contribution is -0.139. The molecular formula is C32H38F3N5O7.